The first-order valence-electron chi connectivity index (χ1n) is 10.4. The summed E-state index contributed by atoms with van der Waals surface area (Å²) >= 11 is 7.56. The molecule has 0 atom stereocenters. The maximum absolute atomic E-state index is 12.7. The maximum atomic E-state index is 12.7. The quantitative estimate of drug-likeness (QED) is 0.408. The van der Waals surface area contributed by atoms with Gasteiger partial charge in [-0.2, -0.15) is 0 Å². The average Bonchev–Trinajstić information content (AvgIpc) is 2.80. The Hall–Kier alpha value is -2.39. The fourth-order valence-corrected chi connectivity index (χ4v) is 4.48. The van der Waals surface area contributed by atoms with Crippen molar-refractivity contribution in [1.29, 1.82) is 0 Å². The zero-order chi connectivity index (χ0) is 22.5. The predicted octanol–water partition coefficient (Wildman–Crippen LogP) is 4.16. The molecule has 1 amide bonds. The Morgan fingerprint density at radius 1 is 1.25 bits per heavy atom. The molecule has 168 valence electrons. The van der Waals surface area contributed by atoms with Gasteiger partial charge in [0.1, 0.15) is 16.6 Å². The molecule has 1 aliphatic heterocycles. The number of carbonyl (C=O) groups is 1. The van der Waals surface area contributed by atoms with Gasteiger partial charge >= 0.3 is 0 Å². The molecule has 2 heterocycles. The monoisotopic (exact) mass is 472 g/mol. The molecular weight excluding hydrogens is 448 g/mol. The van der Waals surface area contributed by atoms with Crippen LogP contribution in [0.15, 0.2) is 41.4 Å². The van der Waals surface area contributed by atoms with E-state index in [0.29, 0.717) is 23.0 Å². The van der Waals surface area contributed by atoms with Crippen LogP contribution in [0.4, 0.5) is 5.69 Å². The zero-order valence-electron chi connectivity index (χ0n) is 18.1. The molecule has 0 spiro atoms. The Bertz CT molecular complexity index is 1120. The number of hydrogen-bond donors (Lipinski definition) is 1. The predicted molar refractivity (Wildman–Crippen MR) is 128 cm³/mol. The molecule has 0 radical (unpaired) electrons. The first-order valence-corrected chi connectivity index (χ1v) is 11.7. The van der Waals surface area contributed by atoms with E-state index in [0.717, 1.165) is 53.6 Å². The number of morpholine rings is 1. The van der Waals surface area contributed by atoms with Gasteiger partial charge in [0.2, 0.25) is 5.91 Å². The molecular formula is C23H25ClN4O3S. The highest BCUT2D eigenvalue weighted by molar-refractivity contribution is 8.00. The van der Waals surface area contributed by atoms with Gasteiger partial charge in [-0.1, -0.05) is 41.6 Å². The average molecular weight is 473 g/mol. The first kappa shape index (κ1) is 22.8. The molecule has 1 fully saturated rings. The van der Waals surface area contributed by atoms with Crippen LogP contribution in [-0.4, -0.2) is 59.9 Å². The normalized spacial score (nSPS) is 14.5. The third-order valence-corrected chi connectivity index (χ3v) is 6.58. The number of hydrogen-bond acceptors (Lipinski definition) is 7. The van der Waals surface area contributed by atoms with Gasteiger partial charge in [-0.3, -0.25) is 9.69 Å². The third kappa shape index (κ3) is 5.50. The van der Waals surface area contributed by atoms with Gasteiger partial charge in [-0.25, -0.2) is 9.97 Å². The largest absolute Gasteiger partial charge is 0.495 e. The second-order valence-corrected chi connectivity index (χ2v) is 8.86. The van der Waals surface area contributed by atoms with E-state index in [1.54, 1.807) is 13.2 Å². The van der Waals surface area contributed by atoms with Crippen LogP contribution in [0.3, 0.4) is 0 Å². The van der Waals surface area contributed by atoms with Gasteiger partial charge in [-0.05, 0) is 24.6 Å². The van der Waals surface area contributed by atoms with Crippen molar-refractivity contribution in [3.63, 3.8) is 0 Å². The number of ether oxygens (including phenoxy) is 2. The van der Waals surface area contributed by atoms with Crippen LogP contribution in [0.5, 0.6) is 5.75 Å². The van der Waals surface area contributed by atoms with Crippen LogP contribution >= 0.6 is 23.4 Å². The lowest BCUT2D eigenvalue weighted by Crippen LogP contribution is -2.36. The van der Waals surface area contributed by atoms with Gasteiger partial charge in [0, 0.05) is 29.6 Å². The summed E-state index contributed by atoms with van der Waals surface area (Å²) in [5.41, 5.74) is 2.34. The summed E-state index contributed by atoms with van der Waals surface area (Å²) in [5.74, 6) is 1.35. The summed E-state index contributed by atoms with van der Waals surface area (Å²) in [5, 5.41) is 5.25. The molecule has 1 aliphatic rings. The van der Waals surface area contributed by atoms with Crippen LogP contribution < -0.4 is 10.1 Å². The van der Waals surface area contributed by atoms with Gasteiger partial charge in [0.15, 0.2) is 0 Å². The minimum Gasteiger partial charge on any atom is -0.495 e. The number of nitrogens with one attached hydrogen (secondary N) is 1. The first-order chi connectivity index (χ1) is 15.5. The molecule has 4 rings (SSSR count). The van der Waals surface area contributed by atoms with Gasteiger partial charge in [-0.15, -0.1) is 0 Å². The zero-order valence-corrected chi connectivity index (χ0v) is 19.6. The number of thioether (sulfide) groups is 1. The molecule has 0 unspecified atom stereocenters. The maximum Gasteiger partial charge on any atom is 0.234 e. The molecule has 7 nitrogen and oxygen atoms in total. The smallest absolute Gasteiger partial charge is 0.234 e. The molecule has 0 saturated carbocycles. The van der Waals surface area contributed by atoms with Crippen molar-refractivity contribution in [3.05, 3.63) is 52.8 Å². The Balaban J connectivity index is 1.49. The molecule has 0 aliphatic carbocycles. The Labute approximate surface area is 196 Å². The summed E-state index contributed by atoms with van der Waals surface area (Å²) in [6.07, 6.45) is 0. The number of anilines is 1. The Morgan fingerprint density at radius 2 is 2.03 bits per heavy atom. The van der Waals surface area contributed by atoms with E-state index in [4.69, 9.17) is 31.0 Å². The Kier molecular flexibility index (Phi) is 7.47. The van der Waals surface area contributed by atoms with E-state index in [1.165, 1.54) is 11.8 Å². The summed E-state index contributed by atoms with van der Waals surface area (Å²) in [6, 6.07) is 11.4. The molecule has 32 heavy (non-hydrogen) atoms. The summed E-state index contributed by atoms with van der Waals surface area (Å²) in [7, 11) is 1.55. The highest BCUT2D eigenvalue weighted by atomic mass is 35.5. The van der Waals surface area contributed by atoms with E-state index in [1.807, 2.05) is 37.3 Å². The second-order valence-electron chi connectivity index (χ2n) is 7.49. The second kappa shape index (κ2) is 10.5. The molecule has 2 aromatic carbocycles. The fourth-order valence-electron chi connectivity index (χ4n) is 3.48. The number of carbonyl (C=O) groups excluding carboxylic acids is 1. The van der Waals surface area contributed by atoms with Crippen LogP contribution in [0.1, 0.15) is 11.4 Å². The summed E-state index contributed by atoms with van der Waals surface area (Å²) < 4.78 is 10.8. The number of aryl methyl sites for hydroxylation is 1. The molecule has 1 N–H and O–H groups in total. The number of halogens is 1. The number of benzene rings is 2. The van der Waals surface area contributed by atoms with Crippen molar-refractivity contribution in [2.45, 2.75) is 18.5 Å². The van der Waals surface area contributed by atoms with Crippen LogP contribution in [0.25, 0.3) is 10.9 Å². The number of para-hydroxylation sites is 1. The van der Waals surface area contributed by atoms with E-state index < -0.39 is 0 Å². The van der Waals surface area contributed by atoms with Crippen LogP contribution in [-0.2, 0) is 16.1 Å². The van der Waals surface area contributed by atoms with Crippen molar-refractivity contribution in [2.75, 3.05) is 44.5 Å². The SMILES string of the molecule is COc1cc(Cl)c(C)cc1NC(=O)CSc1nc(CN2CCOCC2)nc2ccccc12. The van der Waals surface area contributed by atoms with E-state index in [9.17, 15) is 4.79 Å². The van der Waals surface area contributed by atoms with Gasteiger partial charge in [0.25, 0.3) is 0 Å². The van der Waals surface area contributed by atoms with E-state index >= 15 is 0 Å². The highest BCUT2D eigenvalue weighted by Gasteiger charge is 2.16. The van der Waals surface area contributed by atoms with Gasteiger partial charge < -0.3 is 14.8 Å². The van der Waals surface area contributed by atoms with Crippen LogP contribution in [0, 0.1) is 6.92 Å². The lowest BCUT2D eigenvalue weighted by molar-refractivity contribution is -0.113. The summed E-state index contributed by atoms with van der Waals surface area (Å²) in [4.78, 5) is 24.5. The van der Waals surface area contributed by atoms with Crippen molar-refractivity contribution in [3.8, 4) is 5.75 Å². The fraction of sp³-hybridized carbons (Fsp3) is 0.348. The van der Waals surface area contributed by atoms with E-state index in [2.05, 4.69) is 10.2 Å². The molecule has 1 aromatic heterocycles. The number of nitrogens with zero attached hydrogens (tertiary/aromatic N) is 3. The number of rotatable bonds is 7. The Morgan fingerprint density at radius 3 is 2.81 bits per heavy atom. The van der Waals surface area contributed by atoms with E-state index in [-0.39, 0.29) is 11.7 Å². The number of aromatic nitrogens is 2. The number of fused-ring (bicyclic) bond motifs is 1. The van der Waals surface area contributed by atoms with Crippen LogP contribution in [0.2, 0.25) is 5.02 Å². The third-order valence-electron chi connectivity index (χ3n) is 5.18. The minimum absolute atomic E-state index is 0.146. The molecule has 0 bridgehead atoms. The lowest BCUT2D eigenvalue weighted by atomic mass is 10.2. The highest BCUT2D eigenvalue weighted by Crippen LogP contribution is 2.31. The lowest BCUT2D eigenvalue weighted by Gasteiger charge is -2.25. The van der Waals surface area contributed by atoms with Crippen molar-refractivity contribution < 1.29 is 14.3 Å². The van der Waals surface area contributed by atoms with Gasteiger partial charge in [0.05, 0.1) is 43.8 Å². The molecule has 9 heteroatoms. The number of methoxy groups -OCH3 is 1. The van der Waals surface area contributed by atoms with Crippen molar-refractivity contribution >= 4 is 45.9 Å². The van der Waals surface area contributed by atoms with Crippen molar-refractivity contribution in [1.82, 2.24) is 14.9 Å². The minimum atomic E-state index is -0.146. The molecule has 1 saturated heterocycles. The summed E-state index contributed by atoms with van der Waals surface area (Å²) in [6.45, 7) is 5.73. The standard InChI is InChI=1S/C23H25ClN4O3S/c1-15-11-19(20(30-2)12-17(15)24)26-22(29)14-32-23-16-5-3-4-6-18(16)25-21(27-23)13-28-7-9-31-10-8-28/h3-6,11-12H,7-10,13-14H2,1-2H3,(H,26,29). The van der Waals surface area contributed by atoms with Crippen molar-refractivity contribution in [2.24, 2.45) is 0 Å². The number of amides is 1. The molecule has 3 aromatic rings. The topological polar surface area (TPSA) is 76.6 Å².